The normalized spacial score (nSPS) is 13.1. The van der Waals surface area contributed by atoms with Crippen molar-refractivity contribution in [3.63, 3.8) is 0 Å². The first kappa shape index (κ1) is 31.6. The van der Waals surface area contributed by atoms with Gasteiger partial charge in [-0.25, -0.2) is 0 Å². The molecule has 0 unspecified atom stereocenters. The second-order valence-corrected chi connectivity index (χ2v) is 15.3. The van der Waals surface area contributed by atoms with Crippen molar-refractivity contribution in [2.75, 3.05) is 4.90 Å². The van der Waals surface area contributed by atoms with Crippen molar-refractivity contribution in [2.45, 2.75) is 19.3 Å². The zero-order chi connectivity index (χ0) is 36.7. The summed E-state index contributed by atoms with van der Waals surface area (Å²) in [5.74, 6) is 0. The Balaban J connectivity index is 1.15. The molecule has 55 heavy (non-hydrogen) atoms. The molecule has 0 spiro atoms. The Labute approximate surface area is 320 Å². The second kappa shape index (κ2) is 12.1. The molecule has 0 amide bonds. The Kier molecular flexibility index (Phi) is 6.93. The summed E-state index contributed by atoms with van der Waals surface area (Å²) in [5.41, 5.74) is 15.0. The van der Waals surface area contributed by atoms with Crippen molar-refractivity contribution in [3.05, 3.63) is 199 Å². The van der Waals surface area contributed by atoms with E-state index < -0.39 is 0 Å². The Bertz CT molecular complexity index is 3150. The molecule has 0 bridgehead atoms. The SMILES string of the molecule is CC1(C)c2ccccc2-c2c(N(c3cccc(-c4ccc5ccccc5c4)c3)c3ccccc3-c3ccc4oc5cc6ccccc6cc5c4c3)cccc21. The lowest BCUT2D eigenvalue weighted by Crippen LogP contribution is -2.16. The molecule has 0 fully saturated rings. The Morgan fingerprint density at radius 3 is 1.87 bits per heavy atom. The lowest BCUT2D eigenvalue weighted by Gasteiger charge is -2.31. The van der Waals surface area contributed by atoms with Crippen molar-refractivity contribution in [1.29, 1.82) is 0 Å². The van der Waals surface area contributed by atoms with E-state index in [4.69, 9.17) is 4.42 Å². The molecule has 10 aromatic rings. The molecule has 2 nitrogen and oxygen atoms in total. The predicted molar refractivity (Wildman–Crippen MR) is 232 cm³/mol. The monoisotopic (exact) mass is 703 g/mol. The van der Waals surface area contributed by atoms with Gasteiger partial charge in [-0.05, 0) is 110 Å². The fourth-order valence-electron chi connectivity index (χ4n) is 9.07. The van der Waals surface area contributed by atoms with E-state index in [1.165, 1.54) is 60.6 Å². The fourth-order valence-corrected chi connectivity index (χ4v) is 9.07. The van der Waals surface area contributed by atoms with Crippen LogP contribution in [0, 0.1) is 0 Å². The molecule has 0 saturated heterocycles. The highest BCUT2D eigenvalue weighted by Gasteiger charge is 2.38. The van der Waals surface area contributed by atoms with Gasteiger partial charge in [0.05, 0.1) is 11.4 Å². The maximum Gasteiger partial charge on any atom is 0.136 e. The molecule has 0 N–H and O–H groups in total. The van der Waals surface area contributed by atoms with Crippen LogP contribution in [0.4, 0.5) is 17.1 Å². The molecule has 0 saturated carbocycles. The van der Waals surface area contributed by atoms with Gasteiger partial charge in [-0.2, -0.15) is 0 Å². The molecule has 0 atom stereocenters. The van der Waals surface area contributed by atoms with Gasteiger partial charge in [0.15, 0.2) is 0 Å². The molecule has 1 aliphatic rings. The molecule has 9 aromatic carbocycles. The van der Waals surface area contributed by atoms with Crippen molar-refractivity contribution >= 4 is 60.5 Å². The number of hydrogen-bond donors (Lipinski definition) is 0. The van der Waals surface area contributed by atoms with Crippen LogP contribution in [0.3, 0.4) is 0 Å². The van der Waals surface area contributed by atoms with Gasteiger partial charge < -0.3 is 9.32 Å². The Morgan fingerprint density at radius 2 is 1.02 bits per heavy atom. The maximum absolute atomic E-state index is 6.44. The van der Waals surface area contributed by atoms with Gasteiger partial charge in [-0.15, -0.1) is 0 Å². The Hall–Kier alpha value is -6.90. The van der Waals surface area contributed by atoms with E-state index in [2.05, 4.69) is 207 Å². The number of anilines is 3. The first-order valence-electron chi connectivity index (χ1n) is 19.1. The van der Waals surface area contributed by atoms with Crippen molar-refractivity contribution < 1.29 is 4.42 Å². The van der Waals surface area contributed by atoms with Crippen molar-refractivity contribution in [2.24, 2.45) is 0 Å². The van der Waals surface area contributed by atoms with Crippen LogP contribution < -0.4 is 4.90 Å². The van der Waals surface area contributed by atoms with Gasteiger partial charge in [0.1, 0.15) is 11.2 Å². The summed E-state index contributed by atoms with van der Waals surface area (Å²) in [7, 11) is 0. The van der Waals surface area contributed by atoms with Crippen LogP contribution in [0.5, 0.6) is 0 Å². The quantitative estimate of drug-likeness (QED) is 0.177. The third-order valence-corrected chi connectivity index (χ3v) is 11.8. The minimum absolute atomic E-state index is 0.127. The summed E-state index contributed by atoms with van der Waals surface area (Å²) in [6.07, 6.45) is 0. The third kappa shape index (κ3) is 4.95. The van der Waals surface area contributed by atoms with E-state index in [0.29, 0.717) is 0 Å². The average molecular weight is 704 g/mol. The second-order valence-electron chi connectivity index (χ2n) is 15.3. The largest absolute Gasteiger partial charge is 0.456 e. The number of furan rings is 1. The highest BCUT2D eigenvalue weighted by molar-refractivity contribution is 6.11. The molecule has 2 heteroatoms. The van der Waals surface area contributed by atoms with Crippen LogP contribution in [0.25, 0.3) is 76.9 Å². The van der Waals surface area contributed by atoms with Crippen LogP contribution in [-0.4, -0.2) is 0 Å². The first-order valence-corrected chi connectivity index (χ1v) is 19.1. The smallest absolute Gasteiger partial charge is 0.136 e. The van der Waals surface area contributed by atoms with E-state index in [1.807, 2.05) is 0 Å². The number of benzene rings is 9. The molecule has 1 heterocycles. The minimum Gasteiger partial charge on any atom is -0.456 e. The van der Waals surface area contributed by atoms with Gasteiger partial charge in [-0.3, -0.25) is 0 Å². The Morgan fingerprint density at radius 1 is 0.400 bits per heavy atom. The molecule has 0 radical (unpaired) electrons. The minimum atomic E-state index is -0.127. The van der Waals surface area contributed by atoms with Gasteiger partial charge in [0.2, 0.25) is 0 Å². The molecule has 0 aliphatic heterocycles. The number of hydrogen-bond acceptors (Lipinski definition) is 2. The lowest BCUT2D eigenvalue weighted by molar-refractivity contribution is 0.660. The highest BCUT2D eigenvalue weighted by atomic mass is 16.3. The first-order chi connectivity index (χ1) is 27.0. The topological polar surface area (TPSA) is 16.4 Å². The van der Waals surface area contributed by atoms with Gasteiger partial charge in [-0.1, -0.05) is 147 Å². The molecule has 11 rings (SSSR count). The van der Waals surface area contributed by atoms with Crippen molar-refractivity contribution in [1.82, 2.24) is 0 Å². The summed E-state index contributed by atoms with van der Waals surface area (Å²) in [4.78, 5) is 2.49. The average Bonchev–Trinajstić information content (AvgIpc) is 3.71. The summed E-state index contributed by atoms with van der Waals surface area (Å²) in [5, 5.41) is 7.13. The van der Waals surface area contributed by atoms with Crippen LogP contribution in [0.15, 0.2) is 192 Å². The summed E-state index contributed by atoms with van der Waals surface area (Å²) >= 11 is 0. The number of para-hydroxylation sites is 1. The zero-order valence-corrected chi connectivity index (χ0v) is 30.8. The third-order valence-electron chi connectivity index (χ3n) is 11.8. The van der Waals surface area contributed by atoms with Gasteiger partial charge >= 0.3 is 0 Å². The van der Waals surface area contributed by atoms with E-state index in [-0.39, 0.29) is 5.41 Å². The van der Waals surface area contributed by atoms with E-state index in [0.717, 1.165) is 44.4 Å². The highest BCUT2D eigenvalue weighted by Crippen LogP contribution is 2.55. The van der Waals surface area contributed by atoms with Crippen LogP contribution in [0.1, 0.15) is 25.0 Å². The fraction of sp³-hybridized carbons (Fsp3) is 0.0566. The van der Waals surface area contributed by atoms with Gasteiger partial charge in [0, 0.05) is 33.0 Å². The van der Waals surface area contributed by atoms with E-state index >= 15 is 0 Å². The lowest BCUT2D eigenvalue weighted by atomic mass is 9.82. The zero-order valence-electron chi connectivity index (χ0n) is 30.8. The maximum atomic E-state index is 6.44. The number of rotatable bonds is 5. The summed E-state index contributed by atoms with van der Waals surface area (Å²) < 4.78 is 6.44. The number of fused-ring (bicyclic) bond motifs is 8. The van der Waals surface area contributed by atoms with Crippen LogP contribution >= 0.6 is 0 Å². The van der Waals surface area contributed by atoms with E-state index in [9.17, 15) is 0 Å². The summed E-state index contributed by atoms with van der Waals surface area (Å²) in [6.45, 7) is 4.71. The standard InChI is InChI=1S/C53H37NO/c1-53(2)46-21-9-7-20-43(46)52-47(53)22-12-24-49(52)54(41-18-11-17-36(30-41)39-26-25-34-13-3-4-14-35(34)29-39)48-23-10-8-19-42(48)40-27-28-50-44(32-40)45-31-37-15-5-6-16-38(37)33-51(45)55-50/h3-33H,1-2H3. The van der Waals surface area contributed by atoms with Gasteiger partial charge in [0.25, 0.3) is 0 Å². The molecule has 1 aromatic heterocycles. The molecule has 260 valence electrons. The van der Waals surface area contributed by atoms with Crippen LogP contribution in [-0.2, 0) is 5.41 Å². The molecule has 1 aliphatic carbocycles. The molecular formula is C53H37NO. The van der Waals surface area contributed by atoms with Crippen LogP contribution in [0.2, 0.25) is 0 Å². The van der Waals surface area contributed by atoms with E-state index in [1.54, 1.807) is 0 Å². The summed E-state index contributed by atoms with van der Waals surface area (Å²) in [6, 6.07) is 68.6. The predicted octanol–water partition coefficient (Wildman–Crippen LogP) is 15.0. The van der Waals surface area contributed by atoms with Crippen molar-refractivity contribution in [3.8, 4) is 33.4 Å². The number of nitrogens with zero attached hydrogens (tertiary/aromatic N) is 1. The molecular weight excluding hydrogens is 667 g/mol.